The van der Waals surface area contributed by atoms with Crippen molar-refractivity contribution in [3.05, 3.63) is 0 Å². The third kappa shape index (κ3) is 2.98. The van der Waals surface area contributed by atoms with Crippen LogP contribution in [0.25, 0.3) is 0 Å². The molecule has 1 fully saturated rings. The fourth-order valence-electron chi connectivity index (χ4n) is 2.53. The minimum atomic E-state index is -1.11. The van der Waals surface area contributed by atoms with Crippen LogP contribution < -0.4 is 11.5 Å². The standard InChI is InChI=1S/C11H21BN2O2/c12-6-2-1-5-11(14,10(15)16)8-3-4-9(13)7-8/h8-9H,1-7,13-14H2,(H,15,16). The quantitative estimate of drug-likeness (QED) is 0.456. The Labute approximate surface area is 98.2 Å². The topological polar surface area (TPSA) is 89.3 Å². The number of rotatable bonds is 6. The van der Waals surface area contributed by atoms with Crippen LogP contribution in [-0.2, 0) is 4.79 Å². The Kier molecular flexibility index (Phi) is 4.80. The Balaban J connectivity index is 2.60. The lowest BCUT2D eigenvalue weighted by Crippen LogP contribution is -2.53. The summed E-state index contributed by atoms with van der Waals surface area (Å²) < 4.78 is 0. The van der Waals surface area contributed by atoms with E-state index >= 15 is 0 Å². The molecule has 0 saturated heterocycles. The highest BCUT2D eigenvalue weighted by molar-refractivity contribution is 6.08. The molecule has 0 aliphatic heterocycles. The van der Waals surface area contributed by atoms with Gasteiger partial charge in [0.05, 0.1) is 7.85 Å². The Hall–Kier alpha value is -0.545. The maximum absolute atomic E-state index is 11.3. The normalized spacial score (nSPS) is 28.9. The first-order valence-corrected chi connectivity index (χ1v) is 5.98. The number of carbonyl (C=O) groups is 1. The lowest BCUT2D eigenvalue weighted by molar-refractivity contribution is -0.146. The number of aliphatic carboxylic acids is 1. The van der Waals surface area contributed by atoms with Crippen molar-refractivity contribution in [1.29, 1.82) is 0 Å². The van der Waals surface area contributed by atoms with E-state index in [-0.39, 0.29) is 12.0 Å². The van der Waals surface area contributed by atoms with Gasteiger partial charge in [-0.25, -0.2) is 0 Å². The third-order valence-corrected chi connectivity index (χ3v) is 3.64. The zero-order valence-corrected chi connectivity index (χ0v) is 9.69. The molecular formula is C11H21BN2O2. The van der Waals surface area contributed by atoms with Crippen molar-refractivity contribution in [2.24, 2.45) is 17.4 Å². The molecule has 16 heavy (non-hydrogen) atoms. The van der Waals surface area contributed by atoms with Crippen LogP contribution in [-0.4, -0.2) is 30.5 Å². The van der Waals surface area contributed by atoms with Crippen molar-refractivity contribution < 1.29 is 9.90 Å². The molecule has 4 nitrogen and oxygen atoms in total. The largest absolute Gasteiger partial charge is 0.480 e. The van der Waals surface area contributed by atoms with Crippen molar-refractivity contribution in [2.75, 3.05) is 0 Å². The highest BCUT2D eigenvalue weighted by Gasteiger charge is 2.44. The van der Waals surface area contributed by atoms with E-state index < -0.39 is 11.5 Å². The van der Waals surface area contributed by atoms with Crippen LogP contribution >= 0.6 is 0 Å². The first-order valence-electron chi connectivity index (χ1n) is 5.98. The molecule has 90 valence electrons. The van der Waals surface area contributed by atoms with Gasteiger partial charge in [0, 0.05) is 6.04 Å². The summed E-state index contributed by atoms with van der Waals surface area (Å²) in [4.78, 5) is 11.3. The lowest BCUT2D eigenvalue weighted by Gasteiger charge is -2.31. The number of hydrogen-bond donors (Lipinski definition) is 3. The van der Waals surface area contributed by atoms with Crippen molar-refractivity contribution in [2.45, 2.75) is 56.4 Å². The van der Waals surface area contributed by atoms with E-state index in [4.69, 9.17) is 19.3 Å². The Morgan fingerprint density at radius 3 is 2.56 bits per heavy atom. The lowest BCUT2D eigenvalue weighted by atomic mass is 9.79. The summed E-state index contributed by atoms with van der Waals surface area (Å²) in [6.45, 7) is 0. The zero-order chi connectivity index (χ0) is 12.2. The summed E-state index contributed by atoms with van der Waals surface area (Å²) in [5.74, 6) is -0.888. The van der Waals surface area contributed by atoms with Crippen molar-refractivity contribution >= 4 is 13.8 Å². The maximum atomic E-state index is 11.3. The number of unbranched alkanes of at least 4 members (excludes halogenated alkanes) is 1. The Morgan fingerprint density at radius 2 is 2.12 bits per heavy atom. The summed E-state index contributed by atoms with van der Waals surface area (Å²) in [7, 11) is 5.40. The average Bonchev–Trinajstić information content (AvgIpc) is 2.65. The smallest absolute Gasteiger partial charge is 0.323 e. The van der Waals surface area contributed by atoms with Gasteiger partial charge >= 0.3 is 5.97 Å². The first kappa shape index (κ1) is 13.5. The Bertz CT molecular complexity index is 250. The maximum Gasteiger partial charge on any atom is 0.323 e. The van der Waals surface area contributed by atoms with Gasteiger partial charge < -0.3 is 16.6 Å². The zero-order valence-electron chi connectivity index (χ0n) is 9.69. The predicted molar refractivity (Wildman–Crippen MR) is 64.3 cm³/mol. The molecule has 0 bridgehead atoms. The summed E-state index contributed by atoms with van der Waals surface area (Å²) in [6.07, 6.45) is 5.11. The fourth-order valence-corrected chi connectivity index (χ4v) is 2.53. The summed E-state index contributed by atoms with van der Waals surface area (Å²) in [5.41, 5.74) is 10.8. The molecule has 1 aliphatic carbocycles. The van der Waals surface area contributed by atoms with Gasteiger partial charge in [0.25, 0.3) is 0 Å². The van der Waals surface area contributed by atoms with E-state index in [1.54, 1.807) is 0 Å². The van der Waals surface area contributed by atoms with E-state index in [1.165, 1.54) is 0 Å². The van der Waals surface area contributed by atoms with Crippen LogP contribution in [0.1, 0.15) is 38.5 Å². The second kappa shape index (κ2) is 5.68. The average molecular weight is 224 g/mol. The fraction of sp³-hybridized carbons (Fsp3) is 0.909. The molecule has 0 heterocycles. The van der Waals surface area contributed by atoms with E-state index in [0.717, 1.165) is 32.1 Å². The molecular weight excluding hydrogens is 203 g/mol. The molecule has 0 spiro atoms. The van der Waals surface area contributed by atoms with Gasteiger partial charge in [-0.15, -0.1) is 0 Å². The number of carboxylic acid groups (broad SMARTS) is 1. The molecule has 5 heteroatoms. The molecule has 3 atom stereocenters. The van der Waals surface area contributed by atoms with E-state index in [9.17, 15) is 9.90 Å². The molecule has 5 N–H and O–H groups in total. The van der Waals surface area contributed by atoms with E-state index in [0.29, 0.717) is 12.7 Å². The molecule has 0 aromatic heterocycles. The predicted octanol–water partition coefficient (Wildman–Crippen LogP) is 0.653. The van der Waals surface area contributed by atoms with Gasteiger partial charge in [0.2, 0.25) is 0 Å². The molecule has 1 saturated carbocycles. The van der Waals surface area contributed by atoms with Crippen LogP contribution in [0.5, 0.6) is 0 Å². The highest BCUT2D eigenvalue weighted by Crippen LogP contribution is 2.35. The van der Waals surface area contributed by atoms with Crippen LogP contribution in [0.15, 0.2) is 0 Å². The van der Waals surface area contributed by atoms with Crippen molar-refractivity contribution in [3.63, 3.8) is 0 Å². The summed E-state index contributed by atoms with van der Waals surface area (Å²) in [6, 6.07) is 0.113. The SMILES string of the molecule is [B]CCCCC(N)(C(=O)O)C1CCC(N)C1. The number of hydrogen-bond acceptors (Lipinski definition) is 3. The van der Waals surface area contributed by atoms with Gasteiger partial charge in [0.15, 0.2) is 0 Å². The van der Waals surface area contributed by atoms with E-state index in [1.807, 2.05) is 0 Å². The minimum Gasteiger partial charge on any atom is -0.480 e. The van der Waals surface area contributed by atoms with Gasteiger partial charge in [-0.05, 0) is 31.6 Å². The summed E-state index contributed by atoms with van der Waals surface area (Å²) in [5, 5.41) is 9.28. The minimum absolute atomic E-state index is 0.0118. The van der Waals surface area contributed by atoms with Gasteiger partial charge in [-0.2, -0.15) is 0 Å². The highest BCUT2D eigenvalue weighted by atomic mass is 16.4. The molecule has 0 amide bonds. The van der Waals surface area contributed by atoms with Crippen LogP contribution in [0, 0.1) is 5.92 Å². The molecule has 2 radical (unpaired) electrons. The Morgan fingerprint density at radius 1 is 1.44 bits per heavy atom. The van der Waals surface area contributed by atoms with Crippen molar-refractivity contribution in [1.82, 2.24) is 0 Å². The molecule has 1 rings (SSSR count). The summed E-state index contributed by atoms with van der Waals surface area (Å²) >= 11 is 0. The second-order valence-electron chi connectivity index (χ2n) is 4.86. The van der Waals surface area contributed by atoms with Crippen LogP contribution in [0.2, 0.25) is 6.32 Å². The van der Waals surface area contributed by atoms with Gasteiger partial charge in [-0.3, -0.25) is 4.79 Å². The molecule has 3 unspecified atom stereocenters. The second-order valence-corrected chi connectivity index (χ2v) is 4.86. The first-order chi connectivity index (χ1) is 7.50. The number of carboxylic acids is 1. The van der Waals surface area contributed by atoms with Crippen LogP contribution in [0.4, 0.5) is 0 Å². The van der Waals surface area contributed by atoms with Gasteiger partial charge in [0.1, 0.15) is 5.54 Å². The van der Waals surface area contributed by atoms with Crippen molar-refractivity contribution in [3.8, 4) is 0 Å². The molecule has 1 aliphatic rings. The van der Waals surface area contributed by atoms with Crippen LogP contribution in [0.3, 0.4) is 0 Å². The molecule has 0 aromatic carbocycles. The third-order valence-electron chi connectivity index (χ3n) is 3.64. The molecule has 0 aromatic rings. The monoisotopic (exact) mass is 224 g/mol. The number of nitrogens with two attached hydrogens (primary N) is 2. The van der Waals surface area contributed by atoms with E-state index in [2.05, 4.69) is 0 Å². The van der Waals surface area contributed by atoms with Gasteiger partial charge in [-0.1, -0.05) is 19.2 Å².